The highest BCUT2D eigenvalue weighted by molar-refractivity contribution is 7.91. The Hall–Kier alpha value is -3.33. The molecule has 0 unspecified atom stereocenters. The molecule has 2 aliphatic heterocycles. The minimum absolute atomic E-state index is 0.000186. The molecule has 0 saturated carbocycles. The third kappa shape index (κ3) is 4.25. The summed E-state index contributed by atoms with van der Waals surface area (Å²) < 4.78 is 42.1. The van der Waals surface area contributed by atoms with Crippen LogP contribution in [0.5, 0.6) is 11.5 Å². The van der Waals surface area contributed by atoms with Crippen molar-refractivity contribution in [1.29, 1.82) is 0 Å². The van der Waals surface area contributed by atoms with E-state index in [0.29, 0.717) is 47.0 Å². The molecule has 1 saturated heterocycles. The number of carbonyl (C=O) groups is 1. The highest BCUT2D eigenvalue weighted by Crippen LogP contribution is 2.43. The number of sulfone groups is 1. The van der Waals surface area contributed by atoms with Crippen LogP contribution in [0.15, 0.2) is 51.7 Å². The first-order valence-corrected chi connectivity index (χ1v) is 13.9. The Morgan fingerprint density at radius 1 is 1.11 bits per heavy atom. The van der Waals surface area contributed by atoms with Crippen LogP contribution in [-0.4, -0.2) is 50.5 Å². The van der Waals surface area contributed by atoms with E-state index in [-0.39, 0.29) is 28.3 Å². The minimum atomic E-state index is -3.28. The Morgan fingerprint density at radius 3 is 2.58 bits per heavy atom. The van der Waals surface area contributed by atoms with Gasteiger partial charge in [-0.2, -0.15) is 0 Å². The zero-order valence-corrected chi connectivity index (χ0v) is 21.3. The van der Waals surface area contributed by atoms with Gasteiger partial charge in [-0.15, -0.1) is 0 Å². The Labute approximate surface area is 209 Å². The van der Waals surface area contributed by atoms with Gasteiger partial charge in [0, 0.05) is 6.04 Å². The van der Waals surface area contributed by atoms with Crippen molar-refractivity contribution < 1.29 is 27.1 Å². The molecule has 0 N–H and O–H groups in total. The molecule has 2 atom stereocenters. The average Bonchev–Trinajstić information content (AvgIpc) is 3.35. The summed E-state index contributed by atoms with van der Waals surface area (Å²) >= 11 is 0. The predicted molar refractivity (Wildman–Crippen MR) is 135 cm³/mol. The number of hydrogen-bond donors (Lipinski definition) is 0. The molecule has 5 rings (SSSR count). The van der Waals surface area contributed by atoms with Gasteiger partial charge in [0.15, 0.2) is 26.8 Å². The molecule has 0 aliphatic carbocycles. The van der Waals surface area contributed by atoms with Gasteiger partial charge in [-0.1, -0.05) is 32.0 Å². The highest BCUT2D eigenvalue weighted by Gasteiger charge is 2.48. The maximum absolute atomic E-state index is 13.7. The highest BCUT2D eigenvalue weighted by atomic mass is 32.2. The van der Waals surface area contributed by atoms with E-state index in [1.54, 1.807) is 42.5 Å². The monoisotopic (exact) mass is 511 g/mol. The van der Waals surface area contributed by atoms with Crippen LogP contribution in [0.2, 0.25) is 0 Å². The molecule has 1 fully saturated rings. The van der Waals surface area contributed by atoms with Gasteiger partial charge in [0.1, 0.15) is 5.58 Å². The number of methoxy groups -OCH3 is 1. The molecule has 8 nitrogen and oxygen atoms in total. The summed E-state index contributed by atoms with van der Waals surface area (Å²) in [5.74, 6) is 0.861. The molecule has 1 aromatic heterocycles. The Balaban J connectivity index is 1.64. The fourth-order valence-corrected chi connectivity index (χ4v) is 6.73. The second-order valence-electron chi connectivity index (χ2n) is 9.78. The second-order valence-corrected chi connectivity index (χ2v) is 12.0. The molecule has 3 heterocycles. The molecule has 36 heavy (non-hydrogen) atoms. The zero-order chi connectivity index (χ0) is 25.6. The number of ether oxygens (including phenoxy) is 2. The summed E-state index contributed by atoms with van der Waals surface area (Å²) in [6.45, 7) is 4.76. The van der Waals surface area contributed by atoms with Crippen LogP contribution in [0, 0.1) is 5.92 Å². The van der Waals surface area contributed by atoms with E-state index in [1.807, 2.05) is 0 Å². The molecule has 0 bridgehead atoms. The molecule has 3 aromatic rings. The van der Waals surface area contributed by atoms with Gasteiger partial charge in [0.2, 0.25) is 5.76 Å². The lowest BCUT2D eigenvalue weighted by Gasteiger charge is -2.30. The smallest absolute Gasteiger partial charge is 0.291 e. The molecule has 0 radical (unpaired) electrons. The van der Waals surface area contributed by atoms with Gasteiger partial charge in [0.25, 0.3) is 5.91 Å². The summed E-state index contributed by atoms with van der Waals surface area (Å²) in [6.07, 6.45) is 1.19. The van der Waals surface area contributed by atoms with Gasteiger partial charge >= 0.3 is 0 Å². The molecule has 190 valence electrons. The second kappa shape index (κ2) is 9.28. The topological polar surface area (TPSA) is 103 Å². The number of rotatable bonds is 7. The standard InChI is InChI=1S/C27H29NO7S/c1-16(2)10-12-34-21-9-8-17(14-22(21)33-3)24-23-25(29)19-6-4-5-7-20(19)35-26(23)27(30)28(24)18-11-13-36(31,32)15-18/h4-9,14,16,18,24H,10-13,15H2,1-3H3/t18-,24-/m0/s1. The predicted octanol–water partition coefficient (Wildman–Crippen LogP) is 3.96. The lowest BCUT2D eigenvalue weighted by Crippen LogP contribution is -2.40. The molecule has 2 aromatic carbocycles. The van der Waals surface area contributed by atoms with Crippen LogP contribution in [0.1, 0.15) is 54.4 Å². The van der Waals surface area contributed by atoms with E-state index in [2.05, 4.69) is 13.8 Å². The van der Waals surface area contributed by atoms with Crippen LogP contribution < -0.4 is 14.9 Å². The van der Waals surface area contributed by atoms with Gasteiger partial charge in [-0.3, -0.25) is 9.59 Å². The summed E-state index contributed by atoms with van der Waals surface area (Å²) in [6, 6.07) is 10.7. The van der Waals surface area contributed by atoms with E-state index >= 15 is 0 Å². The van der Waals surface area contributed by atoms with E-state index in [4.69, 9.17) is 13.9 Å². The summed E-state index contributed by atoms with van der Waals surface area (Å²) in [7, 11) is -1.75. The van der Waals surface area contributed by atoms with Crippen molar-refractivity contribution in [3.8, 4) is 11.5 Å². The average molecular weight is 512 g/mol. The Kier molecular flexibility index (Phi) is 6.28. The van der Waals surface area contributed by atoms with E-state index in [0.717, 1.165) is 6.42 Å². The first-order valence-electron chi connectivity index (χ1n) is 12.1. The zero-order valence-electron chi connectivity index (χ0n) is 20.5. The number of fused-ring (bicyclic) bond motifs is 2. The number of amides is 1. The van der Waals surface area contributed by atoms with Crippen LogP contribution in [-0.2, 0) is 9.84 Å². The molecule has 0 spiro atoms. The van der Waals surface area contributed by atoms with E-state index in [9.17, 15) is 18.0 Å². The van der Waals surface area contributed by atoms with Crippen molar-refractivity contribution >= 4 is 26.7 Å². The van der Waals surface area contributed by atoms with Crippen molar-refractivity contribution in [3.63, 3.8) is 0 Å². The Bertz CT molecular complexity index is 1490. The maximum Gasteiger partial charge on any atom is 0.291 e. The van der Waals surface area contributed by atoms with Crippen LogP contribution >= 0.6 is 0 Å². The van der Waals surface area contributed by atoms with Gasteiger partial charge in [-0.25, -0.2) is 8.42 Å². The van der Waals surface area contributed by atoms with Crippen molar-refractivity contribution in [2.45, 2.75) is 38.8 Å². The normalized spacial score (nSPS) is 20.8. The number of hydrogen-bond acceptors (Lipinski definition) is 7. The number of benzene rings is 2. The Morgan fingerprint density at radius 2 is 1.89 bits per heavy atom. The summed E-state index contributed by atoms with van der Waals surface area (Å²) in [4.78, 5) is 28.8. The first-order chi connectivity index (χ1) is 17.2. The fraction of sp³-hybridized carbons (Fsp3) is 0.407. The van der Waals surface area contributed by atoms with Gasteiger partial charge in [0.05, 0.1) is 42.2 Å². The molecular weight excluding hydrogens is 482 g/mol. The van der Waals surface area contributed by atoms with Crippen LogP contribution in [0.4, 0.5) is 0 Å². The summed E-state index contributed by atoms with van der Waals surface area (Å²) in [5, 5.41) is 0.371. The molecule has 1 amide bonds. The lowest BCUT2D eigenvalue weighted by atomic mass is 9.97. The third-order valence-electron chi connectivity index (χ3n) is 6.87. The molecule has 2 aliphatic rings. The summed E-state index contributed by atoms with van der Waals surface area (Å²) in [5.41, 5.74) is 0.867. The molecular formula is C27H29NO7S. The lowest BCUT2D eigenvalue weighted by molar-refractivity contribution is 0.0662. The minimum Gasteiger partial charge on any atom is -0.493 e. The maximum atomic E-state index is 13.7. The SMILES string of the molecule is COc1cc([C@H]2c3c(oc4ccccc4c3=O)C(=O)N2[C@H]2CCS(=O)(=O)C2)ccc1OCCC(C)C. The van der Waals surface area contributed by atoms with E-state index < -0.39 is 27.8 Å². The first kappa shape index (κ1) is 24.4. The van der Waals surface area contributed by atoms with Crippen molar-refractivity contribution in [2.75, 3.05) is 25.2 Å². The van der Waals surface area contributed by atoms with Crippen molar-refractivity contribution in [3.05, 3.63) is 69.6 Å². The third-order valence-corrected chi connectivity index (χ3v) is 8.62. The van der Waals surface area contributed by atoms with Gasteiger partial charge in [-0.05, 0) is 48.6 Å². The van der Waals surface area contributed by atoms with Gasteiger partial charge < -0.3 is 18.8 Å². The quantitative estimate of drug-likeness (QED) is 0.473. The molecule has 9 heteroatoms. The van der Waals surface area contributed by atoms with E-state index in [1.165, 1.54) is 12.0 Å². The number of para-hydroxylation sites is 1. The van der Waals surface area contributed by atoms with Crippen molar-refractivity contribution in [1.82, 2.24) is 4.90 Å². The van der Waals surface area contributed by atoms with Crippen LogP contribution in [0.3, 0.4) is 0 Å². The fourth-order valence-electron chi connectivity index (χ4n) is 5.01. The largest absolute Gasteiger partial charge is 0.493 e. The van der Waals surface area contributed by atoms with Crippen LogP contribution in [0.25, 0.3) is 11.0 Å². The van der Waals surface area contributed by atoms with Crippen molar-refractivity contribution in [2.24, 2.45) is 5.92 Å². The number of carbonyl (C=O) groups excluding carboxylic acids is 1. The number of nitrogens with zero attached hydrogens (tertiary/aromatic N) is 1.